The van der Waals surface area contributed by atoms with E-state index in [1.165, 1.54) is 0 Å². The summed E-state index contributed by atoms with van der Waals surface area (Å²) in [4.78, 5) is 91.5. The predicted molar refractivity (Wildman–Crippen MR) is 429 cm³/mol. The first kappa shape index (κ1) is 87.4. The van der Waals surface area contributed by atoms with Gasteiger partial charge in [-0.2, -0.15) is 0 Å². The van der Waals surface area contributed by atoms with Gasteiger partial charge in [0.2, 0.25) is 0 Å². The number of aromatic nitrogens is 3. The second kappa shape index (κ2) is 51.1. The zero-order valence-electron chi connectivity index (χ0n) is 65.2. The molecule has 0 saturated heterocycles. The first-order valence-electron chi connectivity index (χ1n) is 38.6. The molecule has 0 aliphatic carbocycles. The van der Waals surface area contributed by atoms with Crippen LogP contribution in [0.3, 0.4) is 0 Å². The molecular formula is C87H99N9O21. The fraction of sp³-hybridized carbons (Fsp3) is 0.345. The Hall–Kier alpha value is -12.0. The van der Waals surface area contributed by atoms with Crippen molar-refractivity contribution in [2.45, 2.75) is 39.3 Å². The highest BCUT2D eigenvalue weighted by Gasteiger charge is 2.18. The van der Waals surface area contributed by atoms with Gasteiger partial charge in [0.15, 0.2) is 0 Å². The number of rotatable bonds is 0. The van der Waals surface area contributed by atoms with Gasteiger partial charge in [0.25, 0.3) is 35.4 Å². The molecule has 117 heavy (non-hydrogen) atoms. The summed E-state index contributed by atoms with van der Waals surface area (Å²) in [6.45, 7) is 10.2. The first-order chi connectivity index (χ1) is 57.5. The molecule has 6 amide bonds. The average molecular weight is 1610 g/mol. The van der Waals surface area contributed by atoms with E-state index in [1.54, 1.807) is 54.6 Å². The fourth-order valence-electron chi connectivity index (χ4n) is 10.9. The number of amides is 6. The Labute approximate surface area is 679 Å². The van der Waals surface area contributed by atoms with E-state index >= 15 is 0 Å². The molecule has 3 aromatic heterocycles. The van der Waals surface area contributed by atoms with Gasteiger partial charge in [0.1, 0.15) is 108 Å². The average Bonchev–Trinajstić information content (AvgIpc) is 0.860. The lowest BCUT2D eigenvalue weighted by Crippen LogP contribution is -2.27. The number of benzene rings is 6. The maximum Gasteiger partial charge on any atom is 0.270 e. The Balaban J connectivity index is 0.600. The Morgan fingerprint density at radius 1 is 0.171 bits per heavy atom. The van der Waals surface area contributed by atoms with Gasteiger partial charge in [0, 0.05) is 39.3 Å². The number of ether oxygens (including phenoxy) is 15. The van der Waals surface area contributed by atoms with E-state index in [0.29, 0.717) is 193 Å². The molecule has 0 spiro atoms. The van der Waals surface area contributed by atoms with Crippen LogP contribution in [0.25, 0.3) is 0 Å². The maximum absolute atomic E-state index is 13.1. The van der Waals surface area contributed by atoms with Gasteiger partial charge in [-0.05, 0) is 143 Å². The van der Waals surface area contributed by atoms with Crippen LogP contribution in [0.15, 0.2) is 200 Å². The molecule has 30 heteroatoms. The van der Waals surface area contributed by atoms with E-state index < -0.39 is 35.4 Å². The van der Waals surface area contributed by atoms with E-state index in [4.69, 9.17) is 71.1 Å². The molecule has 30 nitrogen and oxygen atoms in total. The summed E-state index contributed by atoms with van der Waals surface area (Å²) in [5.74, 6) is 1.30. The van der Waals surface area contributed by atoms with Crippen molar-refractivity contribution in [1.29, 1.82) is 0 Å². The van der Waals surface area contributed by atoms with Crippen molar-refractivity contribution in [2.24, 2.45) is 0 Å². The summed E-state index contributed by atoms with van der Waals surface area (Å²) in [7, 11) is 0. The first-order valence-corrected chi connectivity index (χ1v) is 38.6. The number of carbonyl (C=O) groups excluding carboxylic acids is 6. The second-order valence-electron chi connectivity index (χ2n) is 25.8. The Bertz CT molecular complexity index is 3740. The van der Waals surface area contributed by atoms with Gasteiger partial charge in [0.05, 0.1) is 119 Å². The van der Waals surface area contributed by atoms with Crippen molar-refractivity contribution in [1.82, 2.24) is 46.9 Å². The summed E-state index contributed by atoms with van der Waals surface area (Å²) < 4.78 is 85.7. The molecule has 10 aliphatic rings. The van der Waals surface area contributed by atoms with E-state index in [2.05, 4.69) is 46.9 Å². The lowest BCUT2D eigenvalue weighted by atomic mass is 10.2. The monoisotopic (exact) mass is 1610 g/mol. The van der Waals surface area contributed by atoms with E-state index in [-0.39, 0.29) is 73.4 Å². The van der Waals surface area contributed by atoms with Gasteiger partial charge in [-0.1, -0.05) is 91.0 Å². The molecule has 19 rings (SSSR count). The highest BCUT2D eigenvalue weighted by molar-refractivity contribution is 5.98. The smallest absolute Gasteiger partial charge is 0.270 e. The molecule has 13 heterocycles. The quantitative estimate of drug-likeness (QED) is 0.0831. The summed E-state index contributed by atoms with van der Waals surface area (Å²) in [5, 5.41) is 17.1. The van der Waals surface area contributed by atoms with E-state index in [0.717, 1.165) is 33.4 Å². The molecule has 6 N–H and O–H groups in total. The van der Waals surface area contributed by atoms with Crippen LogP contribution >= 0.6 is 0 Å². The van der Waals surface area contributed by atoms with Gasteiger partial charge < -0.3 is 103 Å². The van der Waals surface area contributed by atoms with Crippen molar-refractivity contribution < 1.29 is 99.8 Å². The Morgan fingerprint density at radius 2 is 0.299 bits per heavy atom. The molecule has 0 atom stereocenters. The number of hydrogen-bond donors (Lipinski definition) is 6. The van der Waals surface area contributed by atoms with Crippen LogP contribution in [0.2, 0.25) is 0 Å². The third-order valence-corrected chi connectivity index (χ3v) is 17.1. The van der Waals surface area contributed by atoms with Crippen molar-refractivity contribution in [3.8, 4) is 34.5 Å². The Morgan fingerprint density at radius 3 is 0.436 bits per heavy atom. The zero-order chi connectivity index (χ0) is 81.4. The van der Waals surface area contributed by atoms with Crippen LogP contribution in [0.1, 0.15) is 96.3 Å². The number of carbonyl (C=O) groups is 6. The highest BCUT2D eigenvalue weighted by atomic mass is 16.6. The van der Waals surface area contributed by atoms with Gasteiger partial charge in [-0.25, -0.2) is 15.0 Å². The van der Waals surface area contributed by atoms with Crippen LogP contribution in [-0.4, -0.2) is 209 Å². The van der Waals surface area contributed by atoms with Crippen LogP contribution in [-0.2, 0) is 81.9 Å². The molecule has 0 fully saturated rings. The number of pyridine rings is 3. The normalized spacial score (nSPS) is 16.8. The van der Waals surface area contributed by atoms with Crippen molar-refractivity contribution in [3.63, 3.8) is 0 Å². The summed E-state index contributed by atoms with van der Waals surface area (Å²) in [6.07, 6.45) is 0. The highest BCUT2D eigenvalue weighted by Crippen LogP contribution is 2.19. The van der Waals surface area contributed by atoms with E-state index in [9.17, 15) is 28.8 Å². The number of hydrogen-bond acceptors (Lipinski definition) is 24. The fourth-order valence-corrected chi connectivity index (χ4v) is 10.9. The van der Waals surface area contributed by atoms with Crippen LogP contribution in [0.5, 0.6) is 34.5 Å². The minimum absolute atomic E-state index is 0.105. The Kier molecular flexibility index (Phi) is 38.2. The standard InChI is InChI=1S/C87H99N9O21/c97-82-76-4-1-5-77(94-76)83(98)89-59-65-12-24-71(25-13-65)113-53-47-107-41-35-104-37-43-109-49-55-115-73-28-16-67(17-29-73)61-91-85(100)79-7-3-9-81(96-79)87(102)93-63-69-20-32-75(33-21-69)117-57-51-111-45-39-105-38-44-110-50-56-116-74-30-18-68(19-31-74)62-92-86(101)80-8-2-6-78(95-80)84(99)90-60-66-14-26-72(27-15-66)114-54-48-108-42-36-103-34-40-106-46-52-112-70-22-10-64(11-23-70)58-88-82/h1-33H,34-63H2,(H,88,97)(H,89,98)(H,90,99)(H,91,100)(H,92,101)(H,93,102). The molecule has 9 aromatic rings. The molecule has 0 unspecified atom stereocenters. The summed E-state index contributed by atoms with van der Waals surface area (Å²) in [6, 6.07) is 58.0. The van der Waals surface area contributed by atoms with Gasteiger partial charge in [-0.15, -0.1) is 0 Å². The summed E-state index contributed by atoms with van der Waals surface area (Å²) >= 11 is 0. The van der Waals surface area contributed by atoms with Gasteiger partial charge in [-0.3, -0.25) is 28.8 Å². The van der Waals surface area contributed by atoms with Crippen molar-refractivity contribution >= 4 is 35.4 Å². The molecule has 0 saturated carbocycles. The molecule has 0 radical (unpaired) electrons. The van der Waals surface area contributed by atoms with Crippen molar-refractivity contribution in [3.05, 3.63) is 268 Å². The second-order valence-corrected chi connectivity index (χ2v) is 25.8. The van der Waals surface area contributed by atoms with Crippen LogP contribution in [0, 0.1) is 0 Å². The third kappa shape index (κ3) is 33.4. The SMILES string of the molecule is O=C1NCc2ccc(cc2)OCCOCCOCCOCCOc2ccc(cc2)CNC(=O)c2cccc(n2)C(=O)NCc2ccc(cc2)OCCOCCOCCOCCOc2ccc(cc2)CNC(=O)c2cccc(n2)C(=O)NCc2ccc(cc2)OCCOCCOCCOCCOc2ccc(cc2)CNC(=O)c2cccc1n2. The number of nitrogens with zero attached hydrogens (tertiary/aromatic N) is 3. The minimum atomic E-state index is -0.429. The third-order valence-electron chi connectivity index (χ3n) is 17.1. The van der Waals surface area contributed by atoms with Crippen molar-refractivity contribution in [2.75, 3.05) is 159 Å². The molecule has 18 bridgehead atoms. The predicted octanol–water partition coefficient (Wildman–Crippen LogP) is 8.29. The minimum Gasteiger partial charge on any atom is -0.491 e. The summed E-state index contributed by atoms with van der Waals surface area (Å²) in [5.41, 5.74) is 5.67. The zero-order valence-corrected chi connectivity index (χ0v) is 65.2. The topological polar surface area (TPSA) is 352 Å². The largest absolute Gasteiger partial charge is 0.491 e. The number of nitrogens with one attached hydrogen (secondary N) is 6. The molecular weight excluding hydrogens is 1510 g/mol. The lowest BCUT2D eigenvalue weighted by Gasteiger charge is -2.10. The van der Waals surface area contributed by atoms with Gasteiger partial charge >= 0.3 is 0 Å². The van der Waals surface area contributed by atoms with E-state index in [1.807, 2.05) is 146 Å². The van der Waals surface area contributed by atoms with Crippen LogP contribution in [0.4, 0.5) is 0 Å². The van der Waals surface area contributed by atoms with Crippen LogP contribution < -0.4 is 60.3 Å². The molecule has 618 valence electrons. The lowest BCUT2D eigenvalue weighted by molar-refractivity contribution is 0.00499. The maximum atomic E-state index is 13.1. The molecule has 6 aromatic carbocycles. The molecule has 10 aliphatic heterocycles.